The summed E-state index contributed by atoms with van der Waals surface area (Å²) < 4.78 is 0.898. The molecule has 0 bridgehead atoms. The van der Waals surface area contributed by atoms with Crippen molar-refractivity contribution >= 4 is 44.5 Å². The van der Waals surface area contributed by atoms with E-state index in [1.54, 1.807) is 5.01 Å². The highest BCUT2D eigenvalue weighted by atomic mass is 79.9. The number of amides is 1. The molecular formula is C18H15BrN4OS. The summed E-state index contributed by atoms with van der Waals surface area (Å²) in [4.78, 5) is 17.6. The number of halogens is 1. The molecule has 4 rings (SSSR count). The Hall–Kier alpha value is -2.12. The lowest BCUT2D eigenvalue weighted by Gasteiger charge is -2.34. The van der Waals surface area contributed by atoms with Crippen LogP contribution < -0.4 is 15.9 Å². The van der Waals surface area contributed by atoms with Crippen molar-refractivity contribution in [3.05, 3.63) is 68.6 Å². The monoisotopic (exact) mass is 414 g/mol. The summed E-state index contributed by atoms with van der Waals surface area (Å²) in [6, 6.07) is 13.9. The Morgan fingerprint density at radius 3 is 2.68 bits per heavy atom. The van der Waals surface area contributed by atoms with Crippen molar-refractivity contribution in [3.8, 4) is 0 Å². The third-order valence-corrected chi connectivity index (χ3v) is 5.20. The van der Waals surface area contributed by atoms with E-state index in [1.165, 1.54) is 17.3 Å². The molecule has 0 saturated carbocycles. The molecule has 2 aliphatic rings. The predicted molar refractivity (Wildman–Crippen MR) is 103 cm³/mol. The molecule has 0 spiro atoms. The van der Waals surface area contributed by atoms with Crippen LogP contribution in [0, 0.1) is 6.92 Å². The molecule has 0 saturated heterocycles. The van der Waals surface area contributed by atoms with Gasteiger partial charge in [0.05, 0.1) is 5.36 Å². The van der Waals surface area contributed by atoms with Crippen molar-refractivity contribution in [3.63, 3.8) is 0 Å². The molecule has 7 heteroatoms. The molecule has 1 unspecified atom stereocenters. The van der Waals surface area contributed by atoms with E-state index < -0.39 is 0 Å². The van der Waals surface area contributed by atoms with Crippen molar-refractivity contribution in [2.24, 2.45) is 10.1 Å². The van der Waals surface area contributed by atoms with Crippen LogP contribution in [-0.4, -0.2) is 22.3 Å². The molecule has 25 heavy (non-hydrogen) atoms. The number of rotatable bonds is 1. The second-order valence-corrected chi connectivity index (χ2v) is 7.54. The number of aryl methyl sites for hydroxylation is 1. The molecule has 1 amide bonds. The molecule has 2 aromatic carbocycles. The Labute approximate surface area is 157 Å². The third kappa shape index (κ3) is 2.87. The highest BCUT2D eigenvalue weighted by Crippen LogP contribution is 2.30. The molecule has 2 heterocycles. The summed E-state index contributed by atoms with van der Waals surface area (Å²) in [5, 5.41) is 11.3. The summed E-state index contributed by atoms with van der Waals surface area (Å²) in [6.45, 7) is 2.05. The maximum atomic E-state index is 12.8. The lowest BCUT2D eigenvalue weighted by Crippen LogP contribution is -2.50. The van der Waals surface area contributed by atoms with Crippen LogP contribution in [0.3, 0.4) is 0 Å². The van der Waals surface area contributed by atoms with Gasteiger partial charge in [-0.2, -0.15) is 0 Å². The van der Waals surface area contributed by atoms with Gasteiger partial charge >= 0.3 is 0 Å². The van der Waals surface area contributed by atoms with E-state index >= 15 is 0 Å². The Balaban J connectivity index is 1.99. The minimum atomic E-state index is -0.363. The number of carbonyl (C=O) groups is 1. The predicted octanol–water partition coefficient (Wildman–Crippen LogP) is 2.26. The second-order valence-electron chi connectivity index (χ2n) is 5.83. The van der Waals surface area contributed by atoms with Crippen LogP contribution in [-0.2, 0) is 4.79 Å². The zero-order chi connectivity index (χ0) is 17.6. The van der Waals surface area contributed by atoms with Crippen molar-refractivity contribution in [2.45, 2.75) is 13.1 Å². The van der Waals surface area contributed by atoms with Crippen LogP contribution in [0.4, 0.5) is 0 Å². The molecular weight excluding hydrogens is 400 g/mol. The SMILES string of the molecule is CSC1=NN2C(=c3cc(Br)ccc3=NC2c2ccc(C)cc2)C(=O)N1. The number of thioether (sulfide) groups is 1. The average Bonchev–Trinajstić information content (AvgIpc) is 2.61. The lowest BCUT2D eigenvalue weighted by atomic mass is 10.1. The summed E-state index contributed by atoms with van der Waals surface area (Å²) in [6.07, 6.45) is 1.52. The van der Waals surface area contributed by atoms with E-state index in [1.807, 2.05) is 55.6 Å². The molecule has 0 aliphatic carbocycles. The molecule has 0 aromatic heterocycles. The van der Waals surface area contributed by atoms with E-state index in [-0.39, 0.29) is 12.1 Å². The maximum Gasteiger partial charge on any atom is 0.276 e. The summed E-state index contributed by atoms with van der Waals surface area (Å²) in [5.74, 6) is -0.161. The summed E-state index contributed by atoms with van der Waals surface area (Å²) in [5.41, 5.74) is 2.70. The van der Waals surface area contributed by atoms with E-state index in [0.29, 0.717) is 10.9 Å². The smallest absolute Gasteiger partial charge is 0.276 e. The first-order chi connectivity index (χ1) is 12.1. The first-order valence-corrected chi connectivity index (χ1v) is 9.76. The number of amidine groups is 1. The van der Waals surface area contributed by atoms with Crippen molar-refractivity contribution in [1.29, 1.82) is 0 Å². The van der Waals surface area contributed by atoms with Gasteiger partial charge in [0.2, 0.25) is 0 Å². The highest BCUT2D eigenvalue weighted by molar-refractivity contribution is 9.10. The minimum absolute atomic E-state index is 0.161. The zero-order valence-corrected chi connectivity index (χ0v) is 16.1. The Kier molecular flexibility index (Phi) is 4.13. The highest BCUT2D eigenvalue weighted by Gasteiger charge is 2.34. The average molecular weight is 415 g/mol. The normalized spacial score (nSPS) is 18.8. The van der Waals surface area contributed by atoms with Crippen LogP contribution in [0.1, 0.15) is 17.3 Å². The molecule has 2 aromatic rings. The number of hydrogen-bond donors (Lipinski definition) is 1. The molecule has 0 radical (unpaired) electrons. The first kappa shape index (κ1) is 16.4. The van der Waals surface area contributed by atoms with Crippen LogP contribution >= 0.6 is 27.7 Å². The maximum absolute atomic E-state index is 12.8. The van der Waals surface area contributed by atoms with Gasteiger partial charge in [-0.05, 0) is 36.9 Å². The van der Waals surface area contributed by atoms with Gasteiger partial charge < -0.3 is 0 Å². The topological polar surface area (TPSA) is 57.1 Å². The van der Waals surface area contributed by atoms with Gasteiger partial charge in [0.1, 0.15) is 5.70 Å². The molecule has 1 N–H and O–H groups in total. The van der Waals surface area contributed by atoms with Gasteiger partial charge in [-0.15, -0.1) is 5.10 Å². The van der Waals surface area contributed by atoms with Gasteiger partial charge in [0, 0.05) is 9.69 Å². The molecule has 126 valence electrons. The number of carbonyl (C=O) groups excluding carboxylic acids is 1. The lowest BCUT2D eigenvalue weighted by molar-refractivity contribution is -0.116. The van der Waals surface area contributed by atoms with Gasteiger partial charge in [-0.25, -0.2) is 5.01 Å². The van der Waals surface area contributed by atoms with E-state index in [2.05, 4.69) is 26.3 Å². The zero-order valence-electron chi connectivity index (χ0n) is 13.7. The van der Waals surface area contributed by atoms with Crippen molar-refractivity contribution in [1.82, 2.24) is 10.3 Å². The summed E-state index contributed by atoms with van der Waals surface area (Å²) in [7, 11) is 0. The first-order valence-electron chi connectivity index (χ1n) is 7.74. The molecule has 2 aliphatic heterocycles. The number of hydrogen-bond acceptors (Lipinski definition) is 5. The fourth-order valence-corrected chi connectivity index (χ4v) is 3.62. The number of hydrazone groups is 1. The van der Waals surface area contributed by atoms with E-state index in [9.17, 15) is 4.79 Å². The second kappa shape index (κ2) is 6.31. The number of nitrogens with one attached hydrogen (secondary N) is 1. The van der Waals surface area contributed by atoms with E-state index in [4.69, 9.17) is 4.99 Å². The number of fused-ring (bicyclic) bond motifs is 2. The fourth-order valence-electron chi connectivity index (χ4n) is 2.90. The van der Waals surface area contributed by atoms with Gasteiger partial charge in [0.25, 0.3) is 5.91 Å². The van der Waals surface area contributed by atoms with Crippen molar-refractivity contribution < 1.29 is 4.79 Å². The van der Waals surface area contributed by atoms with E-state index in [0.717, 1.165) is 20.6 Å². The largest absolute Gasteiger partial charge is 0.298 e. The fraction of sp³-hybridized carbons (Fsp3) is 0.167. The Morgan fingerprint density at radius 1 is 1.20 bits per heavy atom. The van der Waals surface area contributed by atoms with Crippen molar-refractivity contribution in [2.75, 3.05) is 6.26 Å². The number of nitrogens with zero attached hydrogens (tertiary/aromatic N) is 3. The van der Waals surface area contributed by atoms with Gasteiger partial charge in [-0.3, -0.25) is 15.1 Å². The Bertz CT molecular complexity index is 1020. The summed E-state index contributed by atoms with van der Waals surface area (Å²) >= 11 is 4.88. The van der Waals surface area contributed by atoms with Crippen LogP contribution in [0.25, 0.3) is 5.70 Å². The standard InChI is InChI=1S/C18H15BrN4OS/c1-10-3-5-11(6-4-10)16-20-14-8-7-12(19)9-13(14)15-17(24)21-18(25-2)22-23(15)16/h3-9,16H,1-2H3,(H,21,22,24). The van der Waals surface area contributed by atoms with Crippen LogP contribution in [0.5, 0.6) is 0 Å². The van der Waals surface area contributed by atoms with Gasteiger partial charge in [0.15, 0.2) is 11.3 Å². The molecule has 0 fully saturated rings. The van der Waals surface area contributed by atoms with Crippen LogP contribution in [0.2, 0.25) is 0 Å². The third-order valence-electron chi connectivity index (χ3n) is 4.14. The molecule has 1 atom stereocenters. The van der Waals surface area contributed by atoms with Gasteiger partial charge in [-0.1, -0.05) is 57.5 Å². The van der Waals surface area contributed by atoms with Crippen LogP contribution in [0.15, 0.2) is 57.0 Å². The minimum Gasteiger partial charge on any atom is -0.298 e. The Morgan fingerprint density at radius 2 is 1.96 bits per heavy atom. The number of benzene rings is 2. The quantitative estimate of drug-likeness (QED) is 0.778. The molecule has 5 nitrogen and oxygen atoms in total.